The lowest BCUT2D eigenvalue weighted by atomic mass is 9.99. The number of aromatic nitrogens is 1. The van der Waals surface area contributed by atoms with Gasteiger partial charge >= 0.3 is 0 Å². The van der Waals surface area contributed by atoms with Gasteiger partial charge in [-0.3, -0.25) is 14.6 Å². The average Bonchev–Trinajstić information content (AvgIpc) is 2.75. The summed E-state index contributed by atoms with van der Waals surface area (Å²) < 4.78 is 39.9. The van der Waals surface area contributed by atoms with Gasteiger partial charge in [-0.25, -0.2) is 12.8 Å². The van der Waals surface area contributed by atoms with E-state index in [1.54, 1.807) is 24.5 Å². The van der Waals surface area contributed by atoms with Gasteiger partial charge in [-0.05, 0) is 49.2 Å². The Morgan fingerprint density at radius 3 is 2.53 bits per heavy atom. The molecule has 1 aromatic heterocycles. The van der Waals surface area contributed by atoms with Gasteiger partial charge in [0.1, 0.15) is 5.82 Å². The Labute approximate surface area is 174 Å². The van der Waals surface area contributed by atoms with Crippen LogP contribution in [0.3, 0.4) is 0 Å². The minimum absolute atomic E-state index is 0.00209. The average molecular weight is 434 g/mol. The van der Waals surface area contributed by atoms with Gasteiger partial charge in [-0.2, -0.15) is 4.31 Å². The number of hydrogen-bond donors (Lipinski definition) is 2. The number of amides is 2. The fourth-order valence-electron chi connectivity index (χ4n) is 3.23. The van der Waals surface area contributed by atoms with Crippen molar-refractivity contribution in [2.75, 3.05) is 25.0 Å². The van der Waals surface area contributed by atoms with E-state index in [0.717, 1.165) is 12.1 Å². The molecule has 0 aliphatic carbocycles. The van der Waals surface area contributed by atoms with Gasteiger partial charge in [0, 0.05) is 44.1 Å². The summed E-state index contributed by atoms with van der Waals surface area (Å²) in [5.74, 6) is -1.55. The van der Waals surface area contributed by atoms with Crippen molar-refractivity contribution in [3.05, 3.63) is 54.6 Å². The molecule has 0 radical (unpaired) electrons. The molecule has 1 atom stereocenters. The van der Waals surface area contributed by atoms with E-state index in [4.69, 9.17) is 0 Å². The van der Waals surface area contributed by atoms with Crippen molar-refractivity contribution in [2.45, 2.75) is 24.2 Å². The van der Waals surface area contributed by atoms with Gasteiger partial charge in [-0.15, -0.1) is 0 Å². The van der Waals surface area contributed by atoms with Crippen LogP contribution in [-0.4, -0.2) is 49.2 Å². The van der Waals surface area contributed by atoms with E-state index in [9.17, 15) is 22.4 Å². The van der Waals surface area contributed by atoms with Gasteiger partial charge in [-0.1, -0.05) is 0 Å². The van der Waals surface area contributed by atoms with Crippen LogP contribution in [0.5, 0.6) is 0 Å². The molecule has 0 unspecified atom stereocenters. The molecule has 1 aromatic carbocycles. The summed E-state index contributed by atoms with van der Waals surface area (Å²) in [6.07, 6.45) is 4.32. The Kier molecular flexibility index (Phi) is 7.11. The van der Waals surface area contributed by atoms with Crippen LogP contribution in [0.15, 0.2) is 53.7 Å². The van der Waals surface area contributed by atoms with Crippen LogP contribution in [0.2, 0.25) is 0 Å². The molecule has 0 bridgehead atoms. The summed E-state index contributed by atoms with van der Waals surface area (Å²) >= 11 is 0. The maximum absolute atomic E-state index is 13.1. The summed E-state index contributed by atoms with van der Waals surface area (Å²) in [4.78, 5) is 28.3. The number of nitrogens with one attached hydrogen (secondary N) is 2. The Balaban J connectivity index is 1.50. The lowest BCUT2D eigenvalue weighted by Crippen LogP contribution is -2.45. The first-order valence-electron chi connectivity index (χ1n) is 9.59. The summed E-state index contributed by atoms with van der Waals surface area (Å²) in [5, 5.41) is 5.40. The largest absolute Gasteiger partial charge is 0.355 e. The zero-order valence-electron chi connectivity index (χ0n) is 16.3. The van der Waals surface area contributed by atoms with Crippen molar-refractivity contribution in [3.8, 4) is 0 Å². The smallest absolute Gasteiger partial charge is 0.243 e. The van der Waals surface area contributed by atoms with E-state index in [0.29, 0.717) is 25.1 Å². The summed E-state index contributed by atoms with van der Waals surface area (Å²) in [6, 6.07) is 7.95. The number of nitrogens with zero attached hydrogens (tertiary/aromatic N) is 2. The highest BCUT2D eigenvalue weighted by Crippen LogP contribution is 2.24. The molecule has 0 saturated carbocycles. The first kappa shape index (κ1) is 21.8. The maximum atomic E-state index is 13.1. The van der Waals surface area contributed by atoms with Crippen molar-refractivity contribution >= 4 is 27.5 Å². The standard InChI is InChI=1S/C20H23FN4O4S/c21-16-3-5-18(6-4-16)30(28,29)25-13-1-2-15(14-25)20(27)23-12-9-19(26)24-17-7-10-22-11-8-17/h3-8,10-11,15H,1-2,9,12-14H2,(H,23,27)(H,22,24,26)/t15-/m0/s1. The number of pyridine rings is 1. The molecule has 1 fully saturated rings. The van der Waals surface area contributed by atoms with Crippen LogP contribution in [-0.2, 0) is 19.6 Å². The minimum atomic E-state index is -3.80. The van der Waals surface area contributed by atoms with E-state index in [1.165, 1.54) is 16.4 Å². The van der Waals surface area contributed by atoms with Crippen LogP contribution in [0.1, 0.15) is 19.3 Å². The second-order valence-electron chi connectivity index (χ2n) is 6.98. The molecule has 2 heterocycles. The number of benzene rings is 1. The van der Waals surface area contributed by atoms with Crippen molar-refractivity contribution in [1.29, 1.82) is 0 Å². The number of hydrogen-bond acceptors (Lipinski definition) is 5. The summed E-state index contributed by atoms with van der Waals surface area (Å²) in [5.41, 5.74) is 0.621. The Bertz CT molecular complexity index is 984. The molecule has 2 amide bonds. The molecule has 160 valence electrons. The molecule has 10 heteroatoms. The predicted octanol–water partition coefficient (Wildman–Crippen LogP) is 1.77. The fourth-order valence-corrected chi connectivity index (χ4v) is 4.76. The van der Waals surface area contributed by atoms with E-state index >= 15 is 0 Å². The van der Waals surface area contributed by atoms with Crippen LogP contribution < -0.4 is 10.6 Å². The monoisotopic (exact) mass is 434 g/mol. The highest BCUT2D eigenvalue weighted by molar-refractivity contribution is 7.89. The quantitative estimate of drug-likeness (QED) is 0.690. The first-order chi connectivity index (χ1) is 14.4. The Hall–Kier alpha value is -2.85. The molecule has 1 aliphatic heterocycles. The second-order valence-corrected chi connectivity index (χ2v) is 8.92. The van der Waals surface area contributed by atoms with Gasteiger partial charge < -0.3 is 10.6 Å². The Morgan fingerprint density at radius 1 is 1.13 bits per heavy atom. The minimum Gasteiger partial charge on any atom is -0.355 e. The highest BCUT2D eigenvalue weighted by atomic mass is 32.2. The molecule has 30 heavy (non-hydrogen) atoms. The number of halogens is 1. The number of anilines is 1. The third-order valence-corrected chi connectivity index (χ3v) is 6.70. The van der Waals surface area contributed by atoms with E-state index < -0.39 is 21.8 Å². The van der Waals surface area contributed by atoms with Crippen LogP contribution in [0, 0.1) is 11.7 Å². The molecule has 0 spiro atoms. The van der Waals surface area contributed by atoms with Crippen molar-refractivity contribution in [1.82, 2.24) is 14.6 Å². The van der Waals surface area contributed by atoms with Gasteiger partial charge in [0.05, 0.1) is 10.8 Å². The molecular weight excluding hydrogens is 411 g/mol. The van der Waals surface area contributed by atoms with Gasteiger partial charge in [0.15, 0.2) is 0 Å². The maximum Gasteiger partial charge on any atom is 0.243 e. The highest BCUT2D eigenvalue weighted by Gasteiger charge is 2.33. The first-order valence-corrected chi connectivity index (χ1v) is 11.0. The zero-order valence-corrected chi connectivity index (χ0v) is 17.1. The number of piperidine rings is 1. The number of carbonyl (C=O) groups is 2. The van der Waals surface area contributed by atoms with E-state index in [2.05, 4.69) is 15.6 Å². The lowest BCUT2D eigenvalue weighted by molar-refractivity contribution is -0.126. The van der Waals surface area contributed by atoms with E-state index in [-0.39, 0.29) is 36.2 Å². The molecule has 2 N–H and O–H groups in total. The Morgan fingerprint density at radius 2 is 1.83 bits per heavy atom. The number of sulfonamides is 1. The van der Waals surface area contributed by atoms with Crippen LogP contribution >= 0.6 is 0 Å². The topological polar surface area (TPSA) is 108 Å². The molecule has 2 aromatic rings. The van der Waals surface area contributed by atoms with E-state index in [1.807, 2.05) is 0 Å². The van der Waals surface area contributed by atoms with Gasteiger partial charge in [0.2, 0.25) is 21.8 Å². The second kappa shape index (κ2) is 9.77. The van der Waals surface area contributed by atoms with Crippen LogP contribution in [0.4, 0.5) is 10.1 Å². The summed E-state index contributed by atoms with van der Waals surface area (Å²) in [6.45, 7) is 0.504. The molecule has 1 aliphatic rings. The predicted molar refractivity (Wildman–Crippen MR) is 108 cm³/mol. The molecular formula is C20H23FN4O4S. The SMILES string of the molecule is O=C(CCNC(=O)[C@H]1CCCN(S(=O)(=O)c2ccc(F)cc2)C1)Nc1ccncc1. The molecule has 3 rings (SSSR count). The third-order valence-electron chi connectivity index (χ3n) is 4.82. The molecule has 1 saturated heterocycles. The zero-order chi connectivity index (χ0) is 21.6. The van der Waals surface area contributed by atoms with Crippen molar-refractivity contribution in [2.24, 2.45) is 5.92 Å². The molecule has 8 nitrogen and oxygen atoms in total. The van der Waals surface area contributed by atoms with Crippen molar-refractivity contribution in [3.63, 3.8) is 0 Å². The fraction of sp³-hybridized carbons (Fsp3) is 0.350. The van der Waals surface area contributed by atoms with Gasteiger partial charge in [0.25, 0.3) is 0 Å². The van der Waals surface area contributed by atoms with Crippen molar-refractivity contribution < 1.29 is 22.4 Å². The summed E-state index contributed by atoms with van der Waals surface area (Å²) in [7, 11) is -3.80. The van der Waals surface area contributed by atoms with Crippen LogP contribution in [0.25, 0.3) is 0 Å². The number of carbonyl (C=O) groups excluding carboxylic acids is 2. The third kappa shape index (κ3) is 5.61. The normalized spacial score (nSPS) is 17.3. The lowest BCUT2D eigenvalue weighted by Gasteiger charge is -2.31. The number of rotatable bonds is 7.